The molecular formula is C19H16FN3O3. The summed E-state index contributed by atoms with van der Waals surface area (Å²) < 4.78 is 14.6. The van der Waals surface area contributed by atoms with Crippen LogP contribution in [-0.4, -0.2) is 15.5 Å². The monoisotopic (exact) mass is 353 g/mol. The van der Waals surface area contributed by atoms with E-state index in [2.05, 4.69) is 10.3 Å². The van der Waals surface area contributed by atoms with Crippen LogP contribution < -0.4 is 16.6 Å². The molecule has 7 heteroatoms. The number of H-pyrrole nitrogens is 1. The number of hydrogen-bond acceptors (Lipinski definition) is 3. The Labute approximate surface area is 147 Å². The van der Waals surface area contributed by atoms with Crippen LogP contribution in [0, 0.1) is 5.82 Å². The summed E-state index contributed by atoms with van der Waals surface area (Å²) in [5.41, 5.74) is -0.642. The molecule has 132 valence electrons. The first-order valence-corrected chi connectivity index (χ1v) is 7.94. The molecule has 0 fully saturated rings. The van der Waals surface area contributed by atoms with E-state index in [1.54, 1.807) is 6.07 Å². The average Bonchev–Trinajstić information content (AvgIpc) is 2.65. The Kier molecular flexibility index (Phi) is 5.07. The zero-order valence-electron chi connectivity index (χ0n) is 13.7. The summed E-state index contributed by atoms with van der Waals surface area (Å²) in [6.45, 7) is -0.0216. The molecule has 0 aliphatic heterocycles. The molecule has 2 N–H and O–H groups in total. The minimum Gasteiger partial charge on any atom is -0.348 e. The predicted octanol–water partition coefficient (Wildman–Crippen LogP) is 1.65. The third kappa shape index (κ3) is 3.77. The summed E-state index contributed by atoms with van der Waals surface area (Å²) in [4.78, 5) is 39.1. The highest BCUT2D eigenvalue weighted by molar-refractivity contribution is 5.93. The molecule has 0 bridgehead atoms. The normalized spacial score (nSPS) is 10.5. The molecule has 0 aliphatic rings. The van der Waals surface area contributed by atoms with Crippen molar-refractivity contribution in [2.24, 2.45) is 0 Å². The number of carbonyl (C=O) groups excluding carboxylic acids is 1. The van der Waals surface area contributed by atoms with Gasteiger partial charge in [0.15, 0.2) is 0 Å². The lowest BCUT2D eigenvalue weighted by atomic mass is 10.2. The van der Waals surface area contributed by atoms with Crippen LogP contribution in [-0.2, 0) is 13.1 Å². The van der Waals surface area contributed by atoms with Gasteiger partial charge in [-0.25, -0.2) is 9.18 Å². The lowest BCUT2D eigenvalue weighted by Gasteiger charge is -2.09. The Morgan fingerprint density at radius 3 is 2.46 bits per heavy atom. The van der Waals surface area contributed by atoms with Gasteiger partial charge in [0.2, 0.25) is 0 Å². The van der Waals surface area contributed by atoms with Crippen molar-refractivity contribution in [3.8, 4) is 0 Å². The zero-order chi connectivity index (χ0) is 18.5. The minimum atomic E-state index is -0.775. The van der Waals surface area contributed by atoms with Gasteiger partial charge in [0.1, 0.15) is 11.4 Å². The van der Waals surface area contributed by atoms with Crippen LogP contribution in [0.2, 0.25) is 0 Å². The number of amides is 1. The lowest BCUT2D eigenvalue weighted by Crippen LogP contribution is -2.40. The van der Waals surface area contributed by atoms with E-state index >= 15 is 0 Å². The van der Waals surface area contributed by atoms with Gasteiger partial charge in [-0.3, -0.25) is 14.2 Å². The van der Waals surface area contributed by atoms with Gasteiger partial charge in [-0.1, -0.05) is 48.5 Å². The summed E-state index contributed by atoms with van der Waals surface area (Å²) in [5.74, 6) is -1.14. The summed E-state index contributed by atoms with van der Waals surface area (Å²) in [7, 11) is 0. The number of benzene rings is 2. The number of halogens is 1. The molecule has 26 heavy (non-hydrogen) atoms. The summed E-state index contributed by atoms with van der Waals surface area (Å²) in [6.07, 6.45) is 1.07. The fourth-order valence-corrected chi connectivity index (χ4v) is 2.49. The molecule has 1 heterocycles. The van der Waals surface area contributed by atoms with Crippen molar-refractivity contribution in [2.45, 2.75) is 13.1 Å². The van der Waals surface area contributed by atoms with Gasteiger partial charge < -0.3 is 10.3 Å². The van der Waals surface area contributed by atoms with E-state index in [4.69, 9.17) is 0 Å². The number of aromatic nitrogens is 2. The number of aromatic amines is 1. The van der Waals surface area contributed by atoms with Crippen molar-refractivity contribution in [3.05, 3.63) is 104 Å². The first kappa shape index (κ1) is 17.3. The number of carbonyl (C=O) groups is 1. The summed E-state index contributed by atoms with van der Waals surface area (Å²) in [6, 6.07) is 15.0. The highest BCUT2D eigenvalue weighted by Crippen LogP contribution is 2.06. The second-order valence-electron chi connectivity index (χ2n) is 5.66. The number of nitrogens with zero attached hydrogens (tertiary/aromatic N) is 1. The second kappa shape index (κ2) is 7.60. The number of hydrogen-bond donors (Lipinski definition) is 2. The van der Waals surface area contributed by atoms with Crippen LogP contribution in [0.15, 0.2) is 70.4 Å². The Hall–Kier alpha value is -3.48. The number of nitrogens with one attached hydrogen (secondary N) is 2. The molecule has 0 spiro atoms. The van der Waals surface area contributed by atoms with E-state index in [1.165, 1.54) is 18.2 Å². The van der Waals surface area contributed by atoms with Crippen molar-refractivity contribution in [1.82, 2.24) is 14.9 Å². The predicted molar refractivity (Wildman–Crippen MR) is 94.4 cm³/mol. The van der Waals surface area contributed by atoms with E-state index in [0.29, 0.717) is 0 Å². The summed E-state index contributed by atoms with van der Waals surface area (Å²) >= 11 is 0. The van der Waals surface area contributed by atoms with Gasteiger partial charge in [0.05, 0.1) is 6.54 Å². The minimum absolute atomic E-state index is 0.182. The molecule has 0 radical (unpaired) electrons. The Balaban J connectivity index is 1.85. The molecule has 0 unspecified atom stereocenters. The fourth-order valence-electron chi connectivity index (χ4n) is 2.49. The van der Waals surface area contributed by atoms with Crippen molar-refractivity contribution in [1.29, 1.82) is 0 Å². The highest BCUT2D eigenvalue weighted by atomic mass is 19.1. The highest BCUT2D eigenvalue weighted by Gasteiger charge is 2.15. The molecule has 3 rings (SSSR count). The van der Waals surface area contributed by atoms with Crippen LogP contribution in [0.4, 0.5) is 4.39 Å². The van der Waals surface area contributed by atoms with Gasteiger partial charge >= 0.3 is 5.69 Å². The molecule has 1 aromatic heterocycles. The van der Waals surface area contributed by atoms with Gasteiger partial charge in [0, 0.05) is 18.3 Å². The average molecular weight is 353 g/mol. The van der Waals surface area contributed by atoms with E-state index in [0.717, 1.165) is 16.3 Å². The molecule has 0 aliphatic carbocycles. The maximum Gasteiger partial charge on any atom is 0.328 e. The molecular weight excluding hydrogens is 337 g/mol. The van der Waals surface area contributed by atoms with Crippen LogP contribution in [0.1, 0.15) is 21.5 Å². The first-order valence-electron chi connectivity index (χ1n) is 7.94. The second-order valence-corrected chi connectivity index (χ2v) is 5.66. The van der Waals surface area contributed by atoms with Crippen LogP contribution in [0.3, 0.4) is 0 Å². The molecule has 1 amide bonds. The molecule has 0 saturated heterocycles. The van der Waals surface area contributed by atoms with Crippen LogP contribution >= 0.6 is 0 Å². The standard InChI is InChI=1S/C19H16FN3O3/c20-16-9-5-4-8-14(16)12-23-18(25)15(11-22-19(23)26)17(24)21-10-13-6-2-1-3-7-13/h1-9,11H,10,12H2,(H,21,24)(H,22,26). The topological polar surface area (TPSA) is 84.0 Å². The molecule has 2 aromatic carbocycles. The maximum atomic E-state index is 13.8. The van der Waals surface area contributed by atoms with Crippen LogP contribution in [0.5, 0.6) is 0 Å². The van der Waals surface area contributed by atoms with Crippen molar-refractivity contribution >= 4 is 5.91 Å². The maximum absolute atomic E-state index is 13.8. The molecule has 0 saturated carbocycles. The third-order valence-electron chi connectivity index (χ3n) is 3.89. The largest absolute Gasteiger partial charge is 0.348 e. The van der Waals surface area contributed by atoms with Crippen molar-refractivity contribution < 1.29 is 9.18 Å². The number of rotatable bonds is 5. The lowest BCUT2D eigenvalue weighted by molar-refractivity contribution is 0.0948. The van der Waals surface area contributed by atoms with E-state index in [9.17, 15) is 18.8 Å². The SMILES string of the molecule is O=C(NCc1ccccc1)c1c[nH]c(=O)n(Cc2ccccc2F)c1=O. The van der Waals surface area contributed by atoms with Crippen molar-refractivity contribution in [2.75, 3.05) is 0 Å². The van der Waals surface area contributed by atoms with E-state index in [1.807, 2.05) is 30.3 Å². The first-order chi connectivity index (χ1) is 12.6. The smallest absolute Gasteiger partial charge is 0.328 e. The Bertz CT molecular complexity index is 1040. The molecule has 3 aromatic rings. The molecule has 0 atom stereocenters. The van der Waals surface area contributed by atoms with Crippen LogP contribution in [0.25, 0.3) is 0 Å². The Morgan fingerprint density at radius 1 is 1.04 bits per heavy atom. The van der Waals surface area contributed by atoms with Crippen molar-refractivity contribution in [3.63, 3.8) is 0 Å². The van der Waals surface area contributed by atoms with E-state index in [-0.39, 0.29) is 24.2 Å². The van der Waals surface area contributed by atoms with Gasteiger partial charge in [-0.2, -0.15) is 0 Å². The quantitative estimate of drug-likeness (QED) is 0.732. The summed E-state index contributed by atoms with van der Waals surface area (Å²) in [5, 5.41) is 2.63. The molecule has 6 nitrogen and oxygen atoms in total. The van der Waals surface area contributed by atoms with E-state index < -0.39 is 23.0 Å². The zero-order valence-corrected chi connectivity index (χ0v) is 13.7. The fraction of sp³-hybridized carbons (Fsp3) is 0.105. The van der Waals surface area contributed by atoms with Gasteiger partial charge in [-0.05, 0) is 11.6 Å². The third-order valence-corrected chi connectivity index (χ3v) is 3.89. The van der Waals surface area contributed by atoms with Gasteiger partial charge in [0.25, 0.3) is 11.5 Å². The Morgan fingerprint density at radius 2 is 1.73 bits per heavy atom. The van der Waals surface area contributed by atoms with Gasteiger partial charge in [-0.15, -0.1) is 0 Å².